The summed E-state index contributed by atoms with van der Waals surface area (Å²) in [5, 5.41) is 0. The van der Waals surface area contributed by atoms with E-state index < -0.39 is 10.0 Å². The highest BCUT2D eigenvalue weighted by Crippen LogP contribution is 2.13. The molecule has 22 heavy (non-hydrogen) atoms. The first kappa shape index (κ1) is 16.3. The van der Waals surface area contributed by atoms with Gasteiger partial charge >= 0.3 is 0 Å². The van der Waals surface area contributed by atoms with Crippen LogP contribution in [0, 0.1) is 12.7 Å². The Kier molecular flexibility index (Phi) is 4.73. The third kappa shape index (κ3) is 3.78. The molecular weight excluding hydrogens is 305 g/mol. The van der Waals surface area contributed by atoms with Gasteiger partial charge in [0.25, 0.3) is 0 Å². The van der Waals surface area contributed by atoms with Crippen molar-refractivity contribution in [3.63, 3.8) is 0 Å². The Labute approximate surface area is 129 Å². The first-order valence-electron chi connectivity index (χ1n) is 6.65. The summed E-state index contributed by atoms with van der Waals surface area (Å²) in [7, 11) is -3.68. The lowest BCUT2D eigenvalue weighted by atomic mass is 10.1. The molecule has 0 amide bonds. The highest BCUT2D eigenvalue weighted by Gasteiger charge is 2.14. The average Bonchev–Trinajstić information content (AvgIpc) is 2.48. The zero-order chi connectivity index (χ0) is 16.3. The smallest absolute Gasteiger partial charge is 0.240 e. The van der Waals surface area contributed by atoms with Crippen LogP contribution in [-0.2, 0) is 16.6 Å². The van der Waals surface area contributed by atoms with E-state index in [1.807, 2.05) is 0 Å². The SMILES string of the molecule is CC(=O)c1ccc(S(=O)(=O)NCc2ccc(F)c(C)c2)cc1. The number of benzene rings is 2. The zero-order valence-corrected chi connectivity index (χ0v) is 13.1. The predicted molar refractivity (Wildman–Crippen MR) is 81.6 cm³/mol. The molecule has 0 radical (unpaired) electrons. The van der Waals surface area contributed by atoms with Crippen molar-refractivity contribution < 1.29 is 17.6 Å². The number of aryl methyl sites for hydroxylation is 1. The average molecular weight is 321 g/mol. The molecule has 116 valence electrons. The summed E-state index contributed by atoms with van der Waals surface area (Å²) in [6.45, 7) is 3.10. The molecule has 2 aromatic carbocycles. The van der Waals surface area contributed by atoms with Gasteiger partial charge in [0.2, 0.25) is 10.0 Å². The minimum Gasteiger partial charge on any atom is -0.295 e. The van der Waals surface area contributed by atoms with Gasteiger partial charge in [0.05, 0.1) is 4.90 Å². The predicted octanol–water partition coefficient (Wildman–Crippen LogP) is 2.82. The first-order chi connectivity index (χ1) is 10.3. The summed E-state index contributed by atoms with van der Waals surface area (Å²) < 4.78 is 40.0. The van der Waals surface area contributed by atoms with Crippen LogP contribution in [-0.4, -0.2) is 14.2 Å². The van der Waals surface area contributed by atoms with Crippen LogP contribution in [0.5, 0.6) is 0 Å². The van der Waals surface area contributed by atoms with Crippen LogP contribution in [0.2, 0.25) is 0 Å². The molecule has 0 aliphatic carbocycles. The molecule has 0 saturated heterocycles. The molecule has 2 rings (SSSR count). The lowest BCUT2D eigenvalue weighted by molar-refractivity contribution is 0.101. The van der Waals surface area contributed by atoms with Gasteiger partial charge in [-0.05, 0) is 43.2 Å². The van der Waals surface area contributed by atoms with Crippen LogP contribution >= 0.6 is 0 Å². The number of carbonyl (C=O) groups is 1. The van der Waals surface area contributed by atoms with E-state index in [-0.39, 0.29) is 23.0 Å². The summed E-state index contributed by atoms with van der Waals surface area (Å²) in [4.78, 5) is 11.3. The quantitative estimate of drug-likeness (QED) is 0.861. The summed E-state index contributed by atoms with van der Waals surface area (Å²) in [5.74, 6) is -0.454. The number of hydrogen-bond acceptors (Lipinski definition) is 3. The van der Waals surface area contributed by atoms with Crippen LogP contribution in [0.1, 0.15) is 28.4 Å². The van der Waals surface area contributed by atoms with Gasteiger partial charge in [0.1, 0.15) is 5.82 Å². The van der Waals surface area contributed by atoms with Gasteiger partial charge in [0, 0.05) is 12.1 Å². The standard InChI is InChI=1S/C16H16FNO3S/c1-11-9-13(3-8-16(11)17)10-18-22(20,21)15-6-4-14(5-7-15)12(2)19/h3-9,18H,10H2,1-2H3. The molecule has 0 saturated carbocycles. The second-order valence-electron chi connectivity index (χ2n) is 4.99. The summed E-state index contributed by atoms with van der Waals surface area (Å²) in [5.41, 5.74) is 1.58. The summed E-state index contributed by atoms with van der Waals surface area (Å²) in [6.07, 6.45) is 0. The fraction of sp³-hybridized carbons (Fsp3) is 0.188. The van der Waals surface area contributed by atoms with Crippen molar-refractivity contribution >= 4 is 15.8 Å². The third-order valence-electron chi connectivity index (χ3n) is 3.26. The molecule has 0 aliphatic heterocycles. The number of carbonyl (C=O) groups excluding carboxylic acids is 1. The lowest BCUT2D eigenvalue weighted by Crippen LogP contribution is -2.23. The number of hydrogen-bond donors (Lipinski definition) is 1. The van der Waals surface area contributed by atoms with E-state index in [0.29, 0.717) is 16.7 Å². The fourth-order valence-corrected chi connectivity index (χ4v) is 2.96. The molecule has 0 atom stereocenters. The number of nitrogens with one attached hydrogen (secondary N) is 1. The van der Waals surface area contributed by atoms with Gasteiger partial charge in [-0.15, -0.1) is 0 Å². The molecule has 0 bridgehead atoms. The molecule has 0 aliphatic rings. The molecule has 4 nitrogen and oxygen atoms in total. The number of halogens is 1. The minimum absolute atomic E-state index is 0.0674. The van der Waals surface area contributed by atoms with Gasteiger partial charge in [-0.1, -0.05) is 24.3 Å². The first-order valence-corrected chi connectivity index (χ1v) is 8.13. The zero-order valence-electron chi connectivity index (χ0n) is 12.3. The Morgan fingerprint density at radius 1 is 1.14 bits per heavy atom. The molecule has 0 spiro atoms. The van der Waals surface area contributed by atoms with E-state index >= 15 is 0 Å². The molecule has 0 unspecified atom stereocenters. The fourth-order valence-electron chi connectivity index (χ4n) is 1.95. The van der Waals surface area contributed by atoms with Gasteiger partial charge in [-0.25, -0.2) is 17.5 Å². The number of sulfonamides is 1. The van der Waals surface area contributed by atoms with Crippen molar-refractivity contribution in [2.24, 2.45) is 0 Å². The van der Waals surface area contributed by atoms with Gasteiger partial charge in [0.15, 0.2) is 5.78 Å². The van der Waals surface area contributed by atoms with Crippen molar-refractivity contribution in [1.29, 1.82) is 0 Å². The molecule has 0 fully saturated rings. The Balaban J connectivity index is 2.13. The second-order valence-corrected chi connectivity index (χ2v) is 6.76. The van der Waals surface area contributed by atoms with E-state index in [1.54, 1.807) is 13.0 Å². The largest absolute Gasteiger partial charge is 0.295 e. The van der Waals surface area contributed by atoms with Crippen LogP contribution in [0.3, 0.4) is 0 Å². The van der Waals surface area contributed by atoms with Crippen molar-refractivity contribution in [2.45, 2.75) is 25.3 Å². The number of ketones is 1. The number of rotatable bonds is 5. The molecule has 2 aromatic rings. The van der Waals surface area contributed by atoms with Crippen LogP contribution in [0.15, 0.2) is 47.4 Å². The van der Waals surface area contributed by atoms with Gasteiger partial charge < -0.3 is 0 Å². The highest BCUT2D eigenvalue weighted by molar-refractivity contribution is 7.89. The Morgan fingerprint density at radius 2 is 1.77 bits per heavy atom. The van der Waals surface area contributed by atoms with Crippen molar-refractivity contribution in [2.75, 3.05) is 0 Å². The Bertz CT molecular complexity index is 799. The molecular formula is C16H16FNO3S. The van der Waals surface area contributed by atoms with E-state index in [9.17, 15) is 17.6 Å². The van der Waals surface area contributed by atoms with E-state index in [4.69, 9.17) is 0 Å². The molecule has 1 N–H and O–H groups in total. The monoisotopic (exact) mass is 321 g/mol. The van der Waals surface area contributed by atoms with Crippen molar-refractivity contribution in [3.05, 3.63) is 65.0 Å². The summed E-state index contributed by atoms with van der Waals surface area (Å²) in [6, 6.07) is 10.1. The molecule has 0 aromatic heterocycles. The van der Waals surface area contributed by atoms with Crippen molar-refractivity contribution in [3.8, 4) is 0 Å². The molecule has 0 heterocycles. The Hall–Kier alpha value is -2.05. The van der Waals surface area contributed by atoms with Crippen LogP contribution in [0.4, 0.5) is 4.39 Å². The van der Waals surface area contributed by atoms with Gasteiger partial charge in [-0.3, -0.25) is 4.79 Å². The Morgan fingerprint density at radius 3 is 2.32 bits per heavy atom. The van der Waals surface area contributed by atoms with Gasteiger partial charge in [-0.2, -0.15) is 0 Å². The van der Waals surface area contributed by atoms with E-state index in [1.165, 1.54) is 43.3 Å². The van der Waals surface area contributed by atoms with Crippen molar-refractivity contribution in [1.82, 2.24) is 4.72 Å². The third-order valence-corrected chi connectivity index (χ3v) is 4.68. The molecule has 6 heteroatoms. The number of Topliss-reactive ketones (excluding diaryl/α,β-unsaturated/α-hetero) is 1. The summed E-state index contributed by atoms with van der Waals surface area (Å²) >= 11 is 0. The van der Waals surface area contributed by atoms with E-state index in [2.05, 4.69) is 4.72 Å². The minimum atomic E-state index is -3.68. The van der Waals surface area contributed by atoms with Crippen LogP contribution < -0.4 is 4.72 Å². The van der Waals surface area contributed by atoms with E-state index in [0.717, 1.165) is 0 Å². The van der Waals surface area contributed by atoms with Crippen LogP contribution in [0.25, 0.3) is 0 Å². The lowest BCUT2D eigenvalue weighted by Gasteiger charge is -2.08. The normalized spacial score (nSPS) is 11.4. The maximum absolute atomic E-state index is 13.2. The second kappa shape index (κ2) is 6.37. The highest BCUT2D eigenvalue weighted by atomic mass is 32.2. The maximum Gasteiger partial charge on any atom is 0.240 e. The maximum atomic E-state index is 13.2. The topological polar surface area (TPSA) is 63.2 Å².